The Morgan fingerprint density at radius 1 is 1.16 bits per heavy atom. The van der Waals surface area contributed by atoms with Gasteiger partial charge >= 0.3 is 5.97 Å². The number of nitrogens with one attached hydrogen (secondary N) is 1. The molecule has 2 fully saturated rings. The lowest BCUT2D eigenvalue weighted by molar-refractivity contribution is -0.304. The van der Waals surface area contributed by atoms with E-state index in [4.69, 9.17) is 20.8 Å². The summed E-state index contributed by atoms with van der Waals surface area (Å²) in [7, 11) is 0. The molecule has 2 aliphatic rings. The zero-order valence-electron chi connectivity index (χ0n) is 21.0. The number of unbranched alkanes of at least 4 members (excludes halogenated alkanes) is 1. The number of carbonyl (C=O) groups is 2. The number of hydrogen-bond donors (Lipinski definition) is 4. The molecule has 2 atom stereocenters. The van der Waals surface area contributed by atoms with Crippen molar-refractivity contribution in [1.82, 2.24) is 20.2 Å². The summed E-state index contributed by atoms with van der Waals surface area (Å²) in [5.41, 5.74) is 12.1. The molecule has 0 saturated carbocycles. The summed E-state index contributed by atoms with van der Waals surface area (Å²) in [6.45, 7) is 5.40. The molecule has 5 N–H and O–H groups in total. The van der Waals surface area contributed by atoms with E-state index >= 15 is 0 Å². The second-order valence-corrected chi connectivity index (χ2v) is 9.38. The number of ether oxygens (including phenoxy) is 1. The van der Waals surface area contributed by atoms with Gasteiger partial charge in [0.2, 0.25) is 5.91 Å². The maximum Gasteiger partial charge on any atom is 0.328 e. The van der Waals surface area contributed by atoms with Crippen LogP contribution in [0.15, 0.2) is 48.5 Å². The molecular formula is C27H35N5O5. The van der Waals surface area contributed by atoms with Gasteiger partial charge < -0.3 is 15.6 Å². The van der Waals surface area contributed by atoms with Crippen LogP contribution >= 0.6 is 0 Å². The lowest BCUT2D eigenvalue weighted by atomic mass is 9.99. The number of carboxylic acid groups (broad SMARTS) is 1. The fraction of sp³-hybridized carbons (Fsp3) is 0.407. The lowest BCUT2D eigenvalue weighted by Gasteiger charge is -2.65. The molecule has 4 rings (SSSR count). The molecule has 2 unspecified atom stereocenters. The number of carboxylic acids is 1. The Morgan fingerprint density at radius 2 is 1.92 bits per heavy atom. The van der Waals surface area contributed by atoms with Crippen LogP contribution < -0.4 is 16.0 Å². The zero-order valence-corrected chi connectivity index (χ0v) is 21.0. The van der Waals surface area contributed by atoms with Crippen LogP contribution in [0.5, 0.6) is 5.75 Å². The van der Waals surface area contributed by atoms with Crippen LogP contribution in [-0.4, -0.2) is 69.7 Å². The van der Waals surface area contributed by atoms with Crippen molar-refractivity contribution in [2.45, 2.75) is 45.1 Å². The second kappa shape index (κ2) is 12.3. The Bertz CT molecular complexity index is 1120. The van der Waals surface area contributed by atoms with Gasteiger partial charge in [0.25, 0.3) is 0 Å². The fourth-order valence-electron chi connectivity index (χ4n) is 4.79. The van der Waals surface area contributed by atoms with Gasteiger partial charge in [-0.2, -0.15) is 0 Å². The van der Waals surface area contributed by atoms with Crippen molar-refractivity contribution in [3.63, 3.8) is 0 Å². The van der Waals surface area contributed by atoms with E-state index < -0.39 is 11.9 Å². The number of nitrogens with two attached hydrogens (primary N) is 1. The van der Waals surface area contributed by atoms with Gasteiger partial charge in [0.15, 0.2) is 0 Å². The number of benzene rings is 2. The second-order valence-electron chi connectivity index (χ2n) is 9.38. The maximum absolute atomic E-state index is 11.2. The highest BCUT2D eigenvalue weighted by molar-refractivity contribution is 5.85. The third-order valence-corrected chi connectivity index (χ3v) is 6.70. The number of fused-ring (bicyclic) bond motifs is 1. The molecule has 0 radical (unpaired) electrons. The van der Waals surface area contributed by atoms with Crippen LogP contribution in [-0.2, 0) is 9.59 Å². The standard InChI is InChI=1S/C27H35N5O5/c1-2-14-30-17-31-18-32(27(30)31)26(28)22-16-21(20-9-6-19(7-10-20)8-13-25(34)35)11-12-23(22)37-15-4-3-5-24(33)29-36/h6-13,16,26-27,36H,2-5,14-15,17-18,28H2,1H3,(H,29,33)(H,34,35)/b13-8+. The highest BCUT2D eigenvalue weighted by atomic mass is 16.5. The highest BCUT2D eigenvalue weighted by Gasteiger charge is 2.51. The molecule has 37 heavy (non-hydrogen) atoms. The van der Waals surface area contributed by atoms with Gasteiger partial charge in [0.05, 0.1) is 26.1 Å². The monoisotopic (exact) mass is 509 g/mol. The number of amides is 1. The molecule has 1 amide bonds. The molecule has 10 heteroatoms. The number of hydrogen-bond acceptors (Lipinski definition) is 8. The predicted molar refractivity (Wildman–Crippen MR) is 139 cm³/mol. The van der Waals surface area contributed by atoms with Crippen LogP contribution in [0.3, 0.4) is 0 Å². The molecule has 2 aromatic carbocycles. The van der Waals surface area contributed by atoms with Crippen molar-refractivity contribution in [2.75, 3.05) is 26.5 Å². The van der Waals surface area contributed by atoms with Crippen LogP contribution in [0.4, 0.5) is 0 Å². The summed E-state index contributed by atoms with van der Waals surface area (Å²) >= 11 is 0. The average molecular weight is 510 g/mol. The number of nitrogens with zero attached hydrogens (tertiary/aromatic N) is 3. The number of hydroxylamine groups is 1. The third kappa shape index (κ3) is 6.35. The first-order chi connectivity index (χ1) is 17.9. The third-order valence-electron chi connectivity index (χ3n) is 6.70. The van der Waals surface area contributed by atoms with E-state index in [0.29, 0.717) is 25.2 Å². The van der Waals surface area contributed by atoms with Crippen molar-refractivity contribution in [3.8, 4) is 16.9 Å². The van der Waals surface area contributed by atoms with E-state index in [9.17, 15) is 9.59 Å². The van der Waals surface area contributed by atoms with Gasteiger partial charge in [-0.1, -0.05) is 37.3 Å². The van der Waals surface area contributed by atoms with Crippen LogP contribution in [0.25, 0.3) is 17.2 Å². The fourth-order valence-corrected chi connectivity index (χ4v) is 4.79. The summed E-state index contributed by atoms with van der Waals surface area (Å²) in [6, 6.07) is 13.7. The highest BCUT2D eigenvalue weighted by Crippen LogP contribution is 2.40. The van der Waals surface area contributed by atoms with Crippen molar-refractivity contribution >= 4 is 18.0 Å². The molecule has 0 aliphatic carbocycles. The smallest absolute Gasteiger partial charge is 0.328 e. The van der Waals surface area contributed by atoms with Crippen LogP contribution in [0.2, 0.25) is 0 Å². The Hall–Kier alpha value is -3.28. The zero-order chi connectivity index (χ0) is 26.4. The maximum atomic E-state index is 11.2. The minimum Gasteiger partial charge on any atom is -0.493 e. The SMILES string of the molecule is CCCN1CN2CN(C(N)c3cc(-c4ccc(/C=C/C(=O)O)cc4)ccc3OCCCCC(=O)NO)C12. The normalized spacial score (nSPS) is 18.6. The predicted octanol–water partition coefficient (Wildman–Crippen LogP) is 3.01. The van der Waals surface area contributed by atoms with Gasteiger partial charge in [0.1, 0.15) is 12.0 Å². The van der Waals surface area contributed by atoms with E-state index in [1.807, 2.05) is 36.4 Å². The molecule has 2 heterocycles. The number of rotatable bonds is 13. The molecule has 198 valence electrons. The molecule has 10 nitrogen and oxygen atoms in total. The minimum absolute atomic E-state index is 0.212. The van der Waals surface area contributed by atoms with Gasteiger partial charge in [0, 0.05) is 24.6 Å². The summed E-state index contributed by atoms with van der Waals surface area (Å²) < 4.78 is 6.12. The molecule has 0 spiro atoms. The summed E-state index contributed by atoms with van der Waals surface area (Å²) in [4.78, 5) is 29.1. The quantitative estimate of drug-likeness (QED) is 0.139. The van der Waals surface area contributed by atoms with Crippen molar-refractivity contribution in [3.05, 3.63) is 59.7 Å². The molecule has 2 saturated heterocycles. The Balaban J connectivity index is 1.52. The van der Waals surface area contributed by atoms with Crippen molar-refractivity contribution in [1.29, 1.82) is 0 Å². The lowest BCUT2D eigenvalue weighted by Crippen LogP contribution is -2.81. The molecule has 0 aromatic heterocycles. The van der Waals surface area contributed by atoms with E-state index in [0.717, 1.165) is 54.6 Å². The van der Waals surface area contributed by atoms with Crippen LogP contribution in [0.1, 0.15) is 49.9 Å². The summed E-state index contributed by atoms with van der Waals surface area (Å²) in [5.74, 6) is -0.678. The van der Waals surface area contributed by atoms with E-state index in [2.05, 4.69) is 27.7 Å². The summed E-state index contributed by atoms with van der Waals surface area (Å²) in [5, 5.41) is 17.5. The molecule has 2 aromatic rings. The Labute approximate surface area is 216 Å². The average Bonchev–Trinajstić information content (AvgIpc) is 2.89. The van der Waals surface area contributed by atoms with E-state index in [1.165, 1.54) is 0 Å². The topological polar surface area (TPSA) is 132 Å². The minimum atomic E-state index is -0.983. The number of aliphatic carboxylic acids is 1. The van der Waals surface area contributed by atoms with Gasteiger partial charge in [-0.25, -0.2) is 20.1 Å². The summed E-state index contributed by atoms with van der Waals surface area (Å²) in [6.07, 6.45) is 5.13. The molecule has 0 bridgehead atoms. The van der Waals surface area contributed by atoms with Gasteiger partial charge in [-0.05, 0) is 54.2 Å². The Morgan fingerprint density at radius 3 is 2.59 bits per heavy atom. The molecule has 2 aliphatic heterocycles. The first-order valence-corrected chi connectivity index (χ1v) is 12.6. The van der Waals surface area contributed by atoms with Crippen molar-refractivity contribution < 1.29 is 24.6 Å². The number of carbonyl (C=O) groups excluding carboxylic acids is 1. The largest absolute Gasteiger partial charge is 0.493 e. The first-order valence-electron chi connectivity index (χ1n) is 12.6. The molecular weight excluding hydrogens is 474 g/mol. The first kappa shape index (κ1) is 26.8. The van der Waals surface area contributed by atoms with Gasteiger partial charge in [-0.15, -0.1) is 0 Å². The Kier molecular flexibility index (Phi) is 8.91. The van der Waals surface area contributed by atoms with E-state index in [-0.39, 0.29) is 18.9 Å². The van der Waals surface area contributed by atoms with Crippen LogP contribution in [0, 0.1) is 0 Å². The van der Waals surface area contributed by atoms with Gasteiger partial charge in [-0.3, -0.25) is 14.9 Å². The van der Waals surface area contributed by atoms with E-state index in [1.54, 1.807) is 11.6 Å². The van der Waals surface area contributed by atoms with Crippen molar-refractivity contribution in [2.24, 2.45) is 5.73 Å².